The molecule has 0 radical (unpaired) electrons. The highest BCUT2D eigenvalue weighted by Gasteiger charge is 2.39. The summed E-state index contributed by atoms with van der Waals surface area (Å²) in [6, 6.07) is 12.4. The molecular weight excluding hydrogens is 396 g/mol. The number of aryl methyl sites for hydroxylation is 4. The first kappa shape index (κ1) is 20.8. The third-order valence-corrected chi connectivity index (χ3v) is 7.87. The quantitative estimate of drug-likeness (QED) is 0.667. The van der Waals surface area contributed by atoms with E-state index >= 15 is 0 Å². The molecule has 0 amide bonds. The molecule has 1 fully saturated rings. The first-order valence-corrected chi connectivity index (χ1v) is 11.8. The smallest absolute Gasteiger partial charge is 0.247 e. The molecule has 158 valence electrons. The van der Waals surface area contributed by atoms with E-state index in [1.165, 1.54) is 11.1 Å². The zero-order valence-corrected chi connectivity index (χ0v) is 18.8. The number of H-pyrrole nitrogens is 1. The number of nitrogens with one attached hydrogen (secondary N) is 1. The summed E-state index contributed by atoms with van der Waals surface area (Å²) >= 11 is 0. The molecule has 0 aliphatic carbocycles. The van der Waals surface area contributed by atoms with Crippen LogP contribution in [0.15, 0.2) is 41.3 Å². The molecule has 1 N–H and O–H groups in total. The second kappa shape index (κ2) is 7.96. The van der Waals surface area contributed by atoms with Gasteiger partial charge in [0.2, 0.25) is 10.0 Å². The van der Waals surface area contributed by atoms with Gasteiger partial charge in [-0.05, 0) is 70.2 Å². The lowest BCUT2D eigenvalue weighted by atomic mass is 10.0. The summed E-state index contributed by atoms with van der Waals surface area (Å²) in [5.41, 5.74) is 6.46. The molecule has 1 aromatic carbocycles. The molecule has 3 heterocycles. The largest absolute Gasteiger partial charge is 0.281 e. The number of sulfonamides is 1. The van der Waals surface area contributed by atoms with E-state index in [0.717, 1.165) is 36.2 Å². The van der Waals surface area contributed by atoms with E-state index in [9.17, 15) is 8.42 Å². The van der Waals surface area contributed by atoms with Crippen LogP contribution in [0.1, 0.15) is 58.3 Å². The van der Waals surface area contributed by atoms with Crippen LogP contribution >= 0.6 is 0 Å². The maximum Gasteiger partial charge on any atom is 0.247 e. The van der Waals surface area contributed by atoms with Crippen LogP contribution in [0.2, 0.25) is 0 Å². The van der Waals surface area contributed by atoms with E-state index in [-0.39, 0.29) is 6.04 Å². The van der Waals surface area contributed by atoms with Gasteiger partial charge in [0.15, 0.2) is 0 Å². The molecule has 4 rings (SSSR count). The minimum atomic E-state index is -3.64. The van der Waals surface area contributed by atoms with Crippen molar-refractivity contribution in [2.45, 2.75) is 57.9 Å². The fourth-order valence-electron chi connectivity index (χ4n) is 4.46. The zero-order chi connectivity index (χ0) is 21.5. The summed E-state index contributed by atoms with van der Waals surface area (Å²) in [6.07, 6.45) is 2.40. The Morgan fingerprint density at radius 3 is 2.60 bits per heavy atom. The molecule has 7 heteroatoms. The standard InChI is InChI=1S/C23H28N4O2S/c1-15-7-5-8-19(11-15)13-20-12-16(2)24-21(14-20)22-9-6-10-27(22)30(28,29)23-17(3)25-26-18(23)4/h5,7-8,11-12,14,22H,6,9-10,13H2,1-4H3,(H,25,26)/t22-/m0/s1. The number of rotatable bonds is 5. The summed E-state index contributed by atoms with van der Waals surface area (Å²) in [7, 11) is -3.64. The van der Waals surface area contributed by atoms with Crippen LogP contribution in [0.5, 0.6) is 0 Å². The van der Waals surface area contributed by atoms with Crippen molar-refractivity contribution in [1.29, 1.82) is 0 Å². The van der Waals surface area contributed by atoms with Gasteiger partial charge in [-0.3, -0.25) is 10.1 Å². The highest BCUT2D eigenvalue weighted by molar-refractivity contribution is 7.89. The Labute approximate surface area is 178 Å². The summed E-state index contributed by atoms with van der Waals surface area (Å²) in [4.78, 5) is 5.03. The van der Waals surface area contributed by atoms with Gasteiger partial charge in [-0.15, -0.1) is 0 Å². The second-order valence-electron chi connectivity index (χ2n) is 8.24. The van der Waals surface area contributed by atoms with E-state index in [1.807, 2.05) is 6.92 Å². The van der Waals surface area contributed by atoms with Crippen molar-refractivity contribution in [3.63, 3.8) is 0 Å². The van der Waals surface area contributed by atoms with Crippen molar-refractivity contribution in [2.24, 2.45) is 0 Å². The molecule has 1 saturated heterocycles. The van der Waals surface area contributed by atoms with Gasteiger partial charge in [-0.25, -0.2) is 8.42 Å². The zero-order valence-electron chi connectivity index (χ0n) is 17.9. The lowest BCUT2D eigenvalue weighted by Crippen LogP contribution is -2.32. The van der Waals surface area contributed by atoms with Gasteiger partial charge in [0.1, 0.15) is 4.90 Å². The monoisotopic (exact) mass is 424 g/mol. The molecule has 1 atom stereocenters. The van der Waals surface area contributed by atoms with E-state index < -0.39 is 10.0 Å². The van der Waals surface area contributed by atoms with Crippen molar-refractivity contribution < 1.29 is 8.42 Å². The van der Waals surface area contributed by atoms with E-state index in [0.29, 0.717) is 22.8 Å². The number of pyridine rings is 1. The maximum absolute atomic E-state index is 13.5. The van der Waals surface area contributed by atoms with Gasteiger partial charge < -0.3 is 0 Å². The van der Waals surface area contributed by atoms with Gasteiger partial charge in [0.25, 0.3) is 0 Å². The summed E-state index contributed by atoms with van der Waals surface area (Å²) in [5.74, 6) is 0. The molecule has 0 bridgehead atoms. The Morgan fingerprint density at radius 2 is 1.90 bits per heavy atom. The predicted molar refractivity (Wildman–Crippen MR) is 117 cm³/mol. The molecule has 6 nitrogen and oxygen atoms in total. The van der Waals surface area contributed by atoms with Gasteiger partial charge in [0, 0.05) is 12.2 Å². The van der Waals surface area contributed by atoms with Crippen LogP contribution in [0.3, 0.4) is 0 Å². The Bertz CT molecular complexity index is 1160. The number of hydrogen-bond donors (Lipinski definition) is 1. The Morgan fingerprint density at radius 1 is 1.10 bits per heavy atom. The molecule has 1 aliphatic rings. The van der Waals surface area contributed by atoms with E-state index in [1.54, 1.807) is 18.2 Å². The van der Waals surface area contributed by atoms with Crippen LogP contribution in [-0.2, 0) is 16.4 Å². The van der Waals surface area contributed by atoms with Gasteiger partial charge in [-0.1, -0.05) is 29.8 Å². The number of nitrogens with zero attached hydrogens (tertiary/aromatic N) is 3. The van der Waals surface area contributed by atoms with Gasteiger partial charge >= 0.3 is 0 Å². The molecular formula is C23H28N4O2S. The Kier molecular flexibility index (Phi) is 5.51. The number of benzene rings is 1. The topological polar surface area (TPSA) is 79.0 Å². The molecule has 0 saturated carbocycles. The summed E-state index contributed by atoms with van der Waals surface area (Å²) in [5, 5.41) is 6.89. The first-order chi connectivity index (χ1) is 14.3. The highest BCUT2D eigenvalue weighted by Crippen LogP contribution is 2.37. The Hall–Kier alpha value is -2.51. The number of aromatic amines is 1. The number of hydrogen-bond acceptors (Lipinski definition) is 4. The lowest BCUT2D eigenvalue weighted by molar-refractivity contribution is 0.389. The number of aromatic nitrogens is 3. The second-order valence-corrected chi connectivity index (χ2v) is 10.1. The average Bonchev–Trinajstić information content (AvgIpc) is 3.29. The van der Waals surface area contributed by atoms with Gasteiger partial charge in [-0.2, -0.15) is 9.40 Å². The Balaban J connectivity index is 1.68. The van der Waals surface area contributed by atoms with Crippen molar-refractivity contribution in [3.05, 3.63) is 75.9 Å². The van der Waals surface area contributed by atoms with Crippen LogP contribution in [0, 0.1) is 27.7 Å². The van der Waals surface area contributed by atoms with Crippen molar-refractivity contribution in [2.75, 3.05) is 6.54 Å². The lowest BCUT2D eigenvalue weighted by Gasteiger charge is -2.24. The third-order valence-electron chi connectivity index (χ3n) is 5.70. The molecule has 1 aliphatic heterocycles. The fraction of sp³-hybridized carbons (Fsp3) is 0.391. The maximum atomic E-state index is 13.5. The third kappa shape index (κ3) is 3.91. The highest BCUT2D eigenvalue weighted by atomic mass is 32.2. The fourth-order valence-corrected chi connectivity index (χ4v) is 6.46. The van der Waals surface area contributed by atoms with Crippen molar-refractivity contribution in [3.8, 4) is 0 Å². The van der Waals surface area contributed by atoms with Crippen molar-refractivity contribution >= 4 is 10.0 Å². The molecule has 0 unspecified atom stereocenters. The van der Waals surface area contributed by atoms with Crippen LogP contribution < -0.4 is 0 Å². The van der Waals surface area contributed by atoms with E-state index in [2.05, 4.69) is 53.5 Å². The van der Waals surface area contributed by atoms with E-state index in [4.69, 9.17) is 4.98 Å². The molecule has 2 aromatic heterocycles. The molecule has 3 aromatic rings. The van der Waals surface area contributed by atoms with Crippen LogP contribution in [0.4, 0.5) is 0 Å². The normalized spacial score (nSPS) is 17.5. The molecule has 30 heavy (non-hydrogen) atoms. The minimum Gasteiger partial charge on any atom is -0.281 e. The van der Waals surface area contributed by atoms with Crippen LogP contribution in [-0.4, -0.2) is 34.4 Å². The summed E-state index contributed by atoms with van der Waals surface area (Å²) in [6.45, 7) is 8.05. The van der Waals surface area contributed by atoms with Crippen molar-refractivity contribution in [1.82, 2.24) is 19.5 Å². The first-order valence-electron chi connectivity index (χ1n) is 10.3. The van der Waals surface area contributed by atoms with Crippen LogP contribution in [0.25, 0.3) is 0 Å². The minimum absolute atomic E-state index is 0.250. The van der Waals surface area contributed by atoms with Gasteiger partial charge in [0.05, 0.1) is 23.1 Å². The summed E-state index contributed by atoms with van der Waals surface area (Å²) < 4.78 is 28.5. The molecule has 0 spiro atoms. The SMILES string of the molecule is Cc1cccc(Cc2cc(C)nc([C@@H]3CCCN3S(=O)(=O)c3c(C)n[nH]c3C)c2)c1. The average molecular weight is 425 g/mol. The predicted octanol–water partition coefficient (Wildman–Crippen LogP) is 4.15.